The van der Waals surface area contributed by atoms with Crippen molar-refractivity contribution in [2.75, 3.05) is 7.05 Å². The summed E-state index contributed by atoms with van der Waals surface area (Å²) < 4.78 is 39.9. The van der Waals surface area contributed by atoms with Crippen molar-refractivity contribution >= 4 is 0 Å². The molecule has 0 saturated carbocycles. The van der Waals surface area contributed by atoms with Crippen molar-refractivity contribution in [2.45, 2.75) is 6.54 Å². The molecule has 2 aromatic rings. The predicted molar refractivity (Wildman–Crippen MR) is 64.5 cm³/mol. The van der Waals surface area contributed by atoms with Crippen LogP contribution in [0.25, 0.3) is 11.1 Å². The lowest BCUT2D eigenvalue weighted by Crippen LogP contribution is -2.07. The number of halogens is 3. The van der Waals surface area contributed by atoms with Crippen LogP contribution in [0.4, 0.5) is 13.2 Å². The fraction of sp³-hybridized carbons (Fsp3) is 0.143. The van der Waals surface area contributed by atoms with Gasteiger partial charge in [0, 0.05) is 23.7 Å². The van der Waals surface area contributed by atoms with Crippen LogP contribution in [0.15, 0.2) is 36.4 Å². The molecule has 0 bridgehead atoms. The Kier molecular flexibility index (Phi) is 3.67. The second kappa shape index (κ2) is 5.23. The number of benzene rings is 2. The summed E-state index contributed by atoms with van der Waals surface area (Å²) in [5.41, 5.74) is 1.23. The lowest BCUT2D eigenvalue weighted by molar-refractivity contribution is 0.585. The molecular weight excluding hydrogens is 239 g/mol. The summed E-state index contributed by atoms with van der Waals surface area (Å²) in [5.74, 6) is -1.64. The number of hydrogen-bond acceptors (Lipinski definition) is 1. The Bertz CT molecular complexity index is 567. The largest absolute Gasteiger partial charge is 0.316 e. The van der Waals surface area contributed by atoms with E-state index >= 15 is 0 Å². The summed E-state index contributed by atoms with van der Waals surface area (Å²) >= 11 is 0. The molecular formula is C14H12F3N. The van der Waals surface area contributed by atoms with E-state index in [9.17, 15) is 13.2 Å². The van der Waals surface area contributed by atoms with Gasteiger partial charge in [-0.05, 0) is 36.9 Å². The van der Waals surface area contributed by atoms with Crippen molar-refractivity contribution in [3.05, 3.63) is 59.4 Å². The molecule has 0 spiro atoms. The Morgan fingerprint density at radius 2 is 1.72 bits per heavy atom. The average molecular weight is 251 g/mol. The van der Waals surface area contributed by atoms with Crippen LogP contribution in [0, 0.1) is 17.5 Å². The highest BCUT2D eigenvalue weighted by molar-refractivity contribution is 5.65. The first-order valence-electron chi connectivity index (χ1n) is 5.50. The molecule has 0 fully saturated rings. The van der Waals surface area contributed by atoms with E-state index in [2.05, 4.69) is 5.32 Å². The second-order valence-electron chi connectivity index (χ2n) is 3.96. The van der Waals surface area contributed by atoms with Crippen molar-refractivity contribution in [3.8, 4) is 11.1 Å². The highest BCUT2D eigenvalue weighted by atomic mass is 19.1. The van der Waals surface area contributed by atoms with Crippen molar-refractivity contribution < 1.29 is 13.2 Å². The molecule has 0 atom stereocenters. The summed E-state index contributed by atoms with van der Waals surface area (Å²) in [4.78, 5) is 0. The molecule has 94 valence electrons. The fourth-order valence-electron chi connectivity index (χ4n) is 1.79. The van der Waals surface area contributed by atoms with Crippen LogP contribution >= 0.6 is 0 Å². The van der Waals surface area contributed by atoms with Crippen LogP contribution in [-0.4, -0.2) is 7.05 Å². The van der Waals surface area contributed by atoms with Gasteiger partial charge in [-0.2, -0.15) is 0 Å². The van der Waals surface area contributed by atoms with Crippen LogP contribution in [0.2, 0.25) is 0 Å². The van der Waals surface area contributed by atoms with Crippen molar-refractivity contribution in [3.63, 3.8) is 0 Å². The first-order valence-corrected chi connectivity index (χ1v) is 5.50. The average Bonchev–Trinajstić information content (AvgIpc) is 2.33. The minimum atomic E-state index is -0.656. The van der Waals surface area contributed by atoms with Gasteiger partial charge in [0.1, 0.15) is 17.5 Å². The first-order chi connectivity index (χ1) is 8.61. The van der Waals surface area contributed by atoms with Gasteiger partial charge in [-0.3, -0.25) is 0 Å². The summed E-state index contributed by atoms with van der Waals surface area (Å²) in [7, 11) is 1.70. The van der Waals surface area contributed by atoms with Gasteiger partial charge in [-0.1, -0.05) is 6.07 Å². The Morgan fingerprint density at radius 3 is 2.39 bits per heavy atom. The Morgan fingerprint density at radius 1 is 0.944 bits per heavy atom. The zero-order chi connectivity index (χ0) is 13.1. The van der Waals surface area contributed by atoms with Crippen molar-refractivity contribution in [1.29, 1.82) is 0 Å². The van der Waals surface area contributed by atoms with E-state index in [0.29, 0.717) is 17.7 Å². The lowest BCUT2D eigenvalue weighted by atomic mass is 10.0. The maximum absolute atomic E-state index is 13.6. The highest BCUT2D eigenvalue weighted by Gasteiger charge is 2.09. The van der Waals surface area contributed by atoms with Crippen LogP contribution in [-0.2, 0) is 6.54 Å². The SMILES string of the molecule is CNCc1cc(-c2ccc(F)cc2F)ccc1F. The molecule has 1 nitrogen and oxygen atoms in total. The third-order valence-corrected chi connectivity index (χ3v) is 2.66. The molecule has 0 heterocycles. The molecule has 2 aromatic carbocycles. The molecule has 0 aromatic heterocycles. The van der Waals surface area contributed by atoms with E-state index in [0.717, 1.165) is 6.07 Å². The fourth-order valence-corrected chi connectivity index (χ4v) is 1.79. The van der Waals surface area contributed by atoms with Gasteiger partial charge in [0.2, 0.25) is 0 Å². The second-order valence-corrected chi connectivity index (χ2v) is 3.96. The summed E-state index contributed by atoms with van der Waals surface area (Å²) in [6.07, 6.45) is 0. The van der Waals surface area contributed by atoms with Gasteiger partial charge in [-0.25, -0.2) is 13.2 Å². The zero-order valence-corrected chi connectivity index (χ0v) is 9.81. The number of rotatable bonds is 3. The standard InChI is InChI=1S/C14H12F3N/c1-18-8-10-6-9(2-5-13(10)16)12-4-3-11(15)7-14(12)17/h2-7,18H,8H2,1H3. The Balaban J connectivity index is 2.47. The quantitative estimate of drug-likeness (QED) is 0.880. The van der Waals surface area contributed by atoms with Crippen molar-refractivity contribution in [1.82, 2.24) is 5.32 Å². The third-order valence-electron chi connectivity index (χ3n) is 2.66. The Hall–Kier alpha value is -1.81. The molecule has 0 amide bonds. The molecule has 4 heteroatoms. The minimum Gasteiger partial charge on any atom is -0.316 e. The zero-order valence-electron chi connectivity index (χ0n) is 9.81. The predicted octanol–water partition coefficient (Wildman–Crippen LogP) is 3.49. The minimum absolute atomic E-state index is 0.258. The molecule has 0 aliphatic carbocycles. The van der Waals surface area contributed by atoms with Gasteiger partial charge >= 0.3 is 0 Å². The molecule has 0 aliphatic rings. The monoisotopic (exact) mass is 251 g/mol. The maximum atomic E-state index is 13.6. The highest BCUT2D eigenvalue weighted by Crippen LogP contribution is 2.25. The smallest absolute Gasteiger partial charge is 0.133 e. The summed E-state index contributed by atoms with van der Waals surface area (Å²) in [6.45, 7) is 0.350. The lowest BCUT2D eigenvalue weighted by Gasteiger charge is -2.07. The molecule has 1 N–H and O–H groups in total. The van der Waals surface area contributed by atoms with E-state index in [1.54, 1.807) is 13.1 Å². The van der Waals surface area contributed by atoms with Crippen LogP contribution in [0.1, 0.15) is 5.56 Å². The Labute approximate surface area is 103 Å². The first kappa shape index (κ1) is 12.6. The summed E-state index contributed by atoms with van der Waals surface area (Å²) in [6, 6.07) is 7.66. The number of hydrogen-bond donors (Lipinski definition) is 1. The number of nitrogens with one attached hydrogen (secondary N) is 1. The van der Waals surface area contributed by atoms with E-state index in [4.69, 9.17) is 0 Å². The van der Waals surface area contributed by atoms with Gasteiger partial charge in [-0.15, -0.1) is 0 Å². The van der Waals surface area contributed by atoms with E-state index in [-0.39, 0.29) is 11.4 Å². The molecule has 18 heavy (non-hydrogen) atoms. The van der Waals surface area contributed by atoms with E-state index in [1.165, 1.54) is 24.3 Å². The maximum Gasteiger partial charge on any atom is 0.133 e. The van der Waals surface area contributed by atoms with E-state index < -0.39 is 11.6 Å². The van der Waals surface area contributed by atoms with Crippen LogP contribution in [0.3, 0.4) is 0 Å². The normalized spacial score (nSPS) is 10.7. The van der Waals surface area contributed by atoms with Gasteiger partial charge in [0.05, 0.1) is 0 Å². The topological polar surface area (TPSA) is 12.0 Å². The van der Waals surface area contributed by atoms with Crippen LogP contribution < -0.4 is 5.32 Å². The molecule has 0 aliphatic heterocycles. The van der Waals surface area contributed by atoms with Crippen LogP contribution in [0.5, 0.6) is 0 Å². The molecule has 2 rings (SSSR count). The van der Waals surface area contributed by atoms with Gasteiger partial charge in [0.25, 0.3) is 0 Å². The molecule has 0 saturated heterocycles. The summed E-state index contributed by atoms with van der Waals surface area (Å²) in [5, 5.41) is 2.83. The van der Waals surface area contributed by atoms with E-state index in [1.807, 2.05) is 0 Å². The molecule has 0 radical (unpaired) electrons. The van der Waals surface area contributed by atoms with Gasteiger partial charge < -0.3 is 5.32 Å². The third kappa shape index (κ3) is 2.54. The van der Waals surface area contributed by atoms with Gasteiger partial charge in [0.15, 0.2) is 0 Å². The molecule has 0 unspecified atom stereocenters. The van der Waals surface area contributed by atoms with Crippen molar-refractivity contribution in [2.24, 2.45) is 0 Å².